The van der Waals surface area contributed by atoms with Crippen LogP contribution in [0, 0.1) is 6.92 Å². The number of quaternary nitrogens is 1. The highest BCUT2D eigenvalue weighted by molar-refractivity contribution is 6.00. The van der Waals surface area contributed by atoms with Gasteiger partial charge in [-0.25, -0.2) is 5.21 Å². The first-order valence-corrected chi connectivity index (χ1v) is 10.1. The zero-order chi connectivity index (χ0) is 19.9. The summed E-state index contributed by atoms with van der Waals surface area (Å²) in [6.07, 6.45) is 2.25. The van der Waals surface area contributed by atoms with Gasteiger partial charge in [0.05, 0.1) is 6.42 Å². The molecule has 3 N–H and O–H groups in total. The van der Waals surface area contributed by atoms with Gasteiger partial charge in [-0.3, -0.25) is 4.79 Å². The zero-order valence-corrected chi connectivity index (χ0v) is 16.6. The van der Waals surface area contributed by atoms with E-state index in [1.807, 2.05) is 37.3 Å². The molecule has 2 aromatic carbocycles. The minimum Gasteiger partial charge on any atom is -0.385 e. The number of carbonyl (C=O) groups is 1. The molecule has 2 aliphatic heterocycles. The molecule has 1 saturated heterocycles. The number of fused-ring (bicyclic) bond motifs is 1. The molecule has 1 atom stereocenters. The number of piperidine rings is 1. The van der Waals surface area contributed by atoms with Crippen LogP contribution in [0.4, 0.5) is 5.69 Å². The van der Waals surface area contributed by atoms with E-state index in [0.717, 1.165) is 34.4 Å². The van der Waals surface area contributed by atoms with Crippen LogP contribution in [0.25, 0.3) is 0 Å². The highest BCUT2D eigenvalue weighted by atomic mass is 16.5. The number of nitrogens with zero attached hydrogens (tertiary/aromatic N) is 1. The lowest BCUT2D eigenvalue weighted by Crippen LogP contribution is -2.59. The van der Waals surface area contributed by atoms with Crippen molar-refractivity contribution < 1.29 is 19.8 Å². The molecule has 0 aliphatic carbocycles. The van der Waals surface area contributed by atoms with E-state index in [1.54, 1.807) is 0 Å². The number of hydrogen-bond acceptors (Lipinski definition) is 3. The van der Waals surface area contributed by atoms with Gasteiger partial charge in [-0.15, -0.1) is 0 Å². The highest BCUT2D eigenvalue weighted by Crippen LogP contribution is 2.37. The monoisotopic (exact) mass is 381 g/mol. The zero-order valence-electron chi connectivity index (χ0n) is 16.6. The van der Waals surface area contributed by atoms with E-state index in [1.165, 1.54) is 0 Å². The second kappa shape index (κ2) is 6.99. The largest absolute Gasteiger partial charge is 0.385 e. The van der Waals surface area contributed by atoms with Crippen LogP contribution in [-0.2, 0) is 23.2 Å². The van der Waals surface area contributed by atoms with Gasteiger partial charge in [0, 0.05) is 24.9 Å². The minimum absolute atomic E-state index is 0.0165. The molecule has 148 valence electrons. The average Bonchev–Trinajstić information content (AvgIpc) is 3.06. The number of aliphatic hydroxyl groups is 1. The van der Waals surface area contributed by atoms with Gasteiger partial charge in [-0.05, 0) is 36.1 Å². The summed E-state index contributed by atoms with van der Waals surface area (Å²) in [7, 11) is 0. The first kappa shape index (κ1) is 19.1. The normalized spacial score (nSPS) is 27.9. The lowest BCUT2D eigenvalue weighted by molar-refractivity contribution is -1.12. The van der Waals surface area contributed by atoms with Crippen molar-refractivity contribution in [3.63, 3.8) is 0 Å². The molecule has 0 saturated carbocycles. The maximum absolute atomic E-state index is 11.7. The standard InChI is InChI=1S/C23H28N2O3/c1-16-12-18(14-19-15-21(26)24-22(16)19)13-17(2)25(28)10-8-23(27,9-11-25)20-6-4-3-5-7-20/h3-7,12,14,17,27-28H,8-11,13,15H2,1-2H3/p+1/t17-,23?,25?/m0/s1. The Morgan fingerprint density at radius 1 is 1.18 bits per heavy atom. The van der Waals surface area contributed by atoms with Gasteiger partial charge >= 0.3 is 0 Å². The minimum atomic E-state index is -0.859. The number of rotatable bonds is 4. The molecule has 0 unspecified atom stereocenters. The molecule has 0 radical (unpaired) electrons. The fourth-order valence-electron chi connectivity index (χ4n) is 4.72. The van der Waals surface area contributed by atoms with Crippen LogP contribution >= 0.6 is 0 Å². The molecule has 5 heteroatoms. The fraction of sp³-hybridized carbons (Fsp3) is 0.435. The molecular weight excluding hydrogens is 352 g/mol. The number of amides is 1. The molecule has 2 aromatic rings. The van der Waals surface area contributed by atoms with E-state index in [4.69, 9.17) is 0 Å². The fourth-order valence-corrected chi connectivity index (χ4v) is 4.72. The number of anilines is 1. The van der Waals surface area contributed by atoms with Crippen molar-refractivity contribution in [3.05, 3.63) is 64.7 Å². The number of hydroxylamine groups is 3. The number of nitrogens with one attached hydrogen (secondary N) is 1. The summed E-state index contributed by atoms with van der Waals surface area (Å²) in [6.45, 7) is 5.13. The molecule has 4 rings (SSSR count). The van der Waals surface area contributed by atoms with E-state index in [2.05, 4.69) is 24.4 Å². The number of aryl methyl sites for hydroxylation is 1. The van der Waals surface area contributed by atoms with Gasteiger partial charge in [0.2, 0.25) is 5.91 Å². The van der Waals surface area contributed by atoms with Crippen LogP contribution < -0.4 is 5.32 Å². The van der Waals surface area contributed by atoms with Crippen LogP contribution in [-0.4, -0.2) is 40.0 Å². The lowest BCUT2D eigenvalue weighted by Gasteiger charge is -2.44. The predicted octanol–water partition coefficient (Wildman–Crippen LogP) is 3.31. The molecule has 1 fully saturated rings. The van der Waals surface area contributed by atoms with Crippen LogP contribution in [0.3, 0.4) is 0 Å². The number of hydrogen-bond donors (Lipinski definition) is 3. The molecule has 0 spiro atoms. The predicted molar refractivity (Wildman–Crippen MR) is 108 cm³/mol. The molecule has 0 aromatic heterocycles. The van der Waals surface area contributed by atoms with Gasteiger partial charge in [-0.1, -0.05) is 42.5 Å². The van der Waals surface area contributed by atoms with Crippen molar-refractivity contribution in [1.29, 1.82) is 0 Å². The summed E-state index contributed by atoms with van der Waals surface area (Å²) >= 11 is 0. The van der Waals surface area contributed by atoms with Crippen molar-refractivity contribution in [2.75, 3.05) is 18.4 Å². The maximum Gasteiger partial charge on any atom is 0.228 e. The summed E-state index contributed by atoms with van der Waals surface area (Å²) < 4.78 is -0.0253. The summed E-state index contributed by atoms with van der Waals surface area (Å²) in [4.78, 5) is 11.7. The summed E-state index contributed by atoms with van der Waals surface area (Å²) in [5, 5.41) is 25.2. The van der Waals surface area contributed by atoms with Crippen molar-refractivity contribution in [2.24, 2.45) is 0 Å². The van der Waals surface area contributed by atoms with Crippen LogP contribution in [0.5, 0.6) is 0 Å². The molecule has 1 amide bonds. The average molecular weight is 381 g/mol. The SMILES string of the molecule is Cc1cc(C[C@H](C)[N+]2(O)CCC(O)(c3ccccc3)CC2)cc2c1NC(=O)C2. The Labute approximate surface area is 166 Å². The molecule has 28 heavy (non-hydrogen) atoms. The Morgan fingerprint density at radius 2 is 1.86 bits per heavy atom. The molecule has 0 bridgehead atoms. The van der Waals surface area contributed by atoms with Crippen LogP contribution in [0.1, 0.15) is 42.0 Å². The third kappa shape index (κ3) is 3.46. The molecule has 2 aliphatic rings. The summed E-state index contributed by atoms with van der Waals surface area (Å²) in [5.41, 5.74) is 4.29. The van der Waals surface area contributed by atoms with Crippen LogP contribution in [0.2, 0.25) is 0 Å². The van der Waals surface area contributed by atoms with Gasteiger partial charge in [0.25, 0.3) is 0 Å². The first-order chi connectivity index (χ1) is 13.3. The third-order valence-corrected chi connectivity index (χ3v) is 6.58. The topological polar surface area (TPSA) is 69.6 Å². The Bertz CT molecular complexity index is 886. The molecule has 5 nitrogen and oxygen atoms in total. The van der Waals surface area contributed by atoms with E-state index in [0.29, 0.717) is 32.4 Å². The summed E-state index contributed by atoms with van der Waals surface area (Å²) in [5.74, 6) is 0.0465. The highest BCUT2D eigenvalue weighted by Gasteiger charge is 2.45. The van der Waals surface area contributed by atoms with Gasteiger partial charge in [-0.2, -0.15) is 4.65 Å². The van der Waals surface area contributed by atoms with E-state index in [-0.39, 0.29) is 16.6 Å². The first-order valence-electron chi connectivity index (χ1n) is 10.1. The van der Waals surface area contributed by atoms with Crippen LogP contribution in [0.15, 0.2) is 42.5 Å². The maximum atomic E-state index is 11.7. The molecule has 2 heterocycles. The molecular formula is C23H29N2O3+. The van der Waals surface area contributed by atoms with Crippen molar-refractivity contribution in [3.8, 4) is 0 Å². The second-order valence-electron chi connectivity index (χ2n) is 8.56. The lowest BCUT2D eigenvalue weighted by atomic mass is 9.83. The number of likely N-dealkylation sites (tertiary alicyclic amines) is 1. The Balaban J connectivity index is 1.46. The van der Waals surface area contributed by atoms with Crippen molar-refractivity contribution in [1.82, 2.24) is 0 Å². The van der Waals surface area contributed by atoms with E-state index >= 15 is 0 Å². The Hall–Kier alpha value is -2.21. The Morgan fingerprint density at radius 3 is 2.54 bits per heavy atom. The second-order valence-corrected chi connectivity index (χ2v) is 8.56. The quantitative estimate of drug-likeness (QED) is 0.712. The van der Waals surface area contributed by atoms with Gasteiger partial charge < -0.3 is 10.4 Å². The van der Waals surface area contributed by atoms with Gasteiger partial charge in [0.15, 0.2) is 0 Å². The summed E-state index contributed by atoms with van der Waals surface area (Å²) in [6, 6.07) is 14.0. The number of benzene rings is 2. The Kier molecular flexibility index (Phi) is 4.78. The number of carbonyl (C=O) groups excluding carboxylic acids is 1. The van der Waals surface area contributed by atoms with E-state index < -0.39 is 5.60 Å². The van der Waals surface area contributed by atoms with Crippen molar-refractivity contribution in [2.45, 2.75) is 51.2 Å². The van der Waals surface area contributed by atoms with Gasteiger partial charge in [0.1, 0.15) is 24.7 Å². The van der Waals surface area contributed by atoms with Crippen molar-refractivity contribution >= 4 is 11.6 Å². The third-order valence-electron chi connectivity index (χ3n) is 6.58. The van der Waals surface area contributed by atoms with E-state index in [9.17, 15) is 15.1 Å². The smallest absolute Gasteiger partial charge is 0.228 e.